The van der Waals surface area contributed by atoms with Gasteiger partial charge in [-0.05, 0) is 33.3 Å². The molecular formula is C14H21N3O2. The van der Waals surface area contributed by atoms with Crippen LogP contribution in [0.2, 0.25) is 0 Å². The SMILES string of the molecule is CCn1nc(C)cc1C(=O)N1C[C@H]2C[C@H](C)O[C@H]2C1. The van der Waals surface area contributed by atoms with Gasteiger partial charge in [-0.3, -0.25) is 9.48 Å². The molecule has 5 heteroatoms. The van der Waals surface area contributed by atoms with Gasteiger partial charge in [-0.25, -0.2) is 0 Å². The van der Waals surface area contributed by atoms with Crippen molar-refractivity contribution in [2.45, 2.75) is 45.9 Å². The van der Waals surface area contributed by atoms with Crippen molar-refractivity contribution in [1.29, 1.82) is 0 Å². The molecule has 0 radical (unpaired) electrons. The lowest BCUT2D eigenvalue weighted by Gasteiger charge is -2.18. The number of amides is 1. The molecule has 0 spiro atoms. The summed E-state index contributed by atoms with van der Waals surface area (Å²) in [6, 6.07) is 1.88. The van der Waals surface area contributed by atoms with Gasteiger partial charge < -0.3 is 9.64 Å². The maximum Gasteiger partial charge on any atom is 0.272 e. The lowest BCUT2D eigenvalue weighted by atomic mass is 10.0. The number of aryl methyl sites for hydroxylation is 2. The molecule has 3 heterocycles. The molecule has 0 bridgehead atoms. The van der Waals surface area contributed by atoms with E-state index in [4.69, 9.17) is 4.74 Å². The molecule has 3 atom stereocenters. The largest absolute Gasteiger partial charge is 0.373 e. The zero-order valence-corrected chi connectivity index (χ0v) is 11.8. The number of fused-ring (bicyclic) bond motifs is 1. The van der Waals surface area contributed by atoms with Crippen LogP contribution in [-0.2, 0) is 11.3 Å². The van der Waals surface area contributed by atoms with Gasteiger partial charge in [-0.1, -0.05) is 0 Å². The maximum atomic E-state index is 12.6. The quantitative estimate of drug-likeness (QED) is 0.811. The predicted octanol–water partition coefficient (Wildman–Crippen LogP) is 1.46. The Morgan fingerprint density at radius 3 is 3.00 bits per heavy atom. The third-order valence-corrected chi connectivity index (χ3v) is 4.13. The third kappa shape index (κ3) is 2.16. The standard InChI is InChI=1S/C14H21N3O2/c1-4-17-12(5-9(2)15-17)14(18)16-7-11-6-10(3)19-13(11)8-16/h5,10-11,13H,4,6-8H2,1-3H3/t10-,11+,13-/m0/s1. The summed E-state index contributed by atoms with van der Waals surface area (Å²) in [6.45, 7) is 8.31. The molecule has 0 aliphatic carbocycles. The number of carbonyl (C=O) groups excluding carboxylic acids is 1. The molecule has 0 unspecified atom stereocenters. The number of hydrogen-bond donors (Lipinski definition) is 0. The fourth-order valence-electron chi connectivity index (χ4n) is 3.29. The maximum absolute atomic E-state index is 12.6. The Balaban J connectivity index is 1.75. The highest BCUT2D eigenvalue weighted by molar-refractivity contribution is 5.93. The Hall–Kier alpha value is -1.36. The van der Waals surface area contributed by atoms with Crippen molar-refractivity contribution in [3.63, 3.8) is 0 Å². The number of nitrogens with zero attached hydrogens (tertiary/aromatic N) is 3. The number of aromatic nitrogens is 2. The molecule has 1 amide bonds. The minimum absolute atomic E-state index is 0.0908. The molecule has 19 heavy (non-hydrogen) atoms. The molecule has 0 N–H and O–H groups in total. The lowest BCUT2D eigenvalue weighted by molar-refractivity contribution is 0.0439. The van der Waals surface area contributed by atoms with Gasteiger partial charge in [0.1, 0.15) is 5.69 Å². The van der Waals surface area contributed by atoms with E-state index in [1.807, 2.05) is 24.8 Å². The van der Waals surface area contributed by atoms with Crippen LogP contribution in [0.1, 0.15) is 36.5 Å². The van der Waals surface area contributed by atoms with E-state index in [-0.39, 0.29) is 12.0 Å². The second-order valence-corrected chi connectivity index (χ2v) is 5.68. The Morgan fingerprint density at radius 1 is 1.53 bits per heavy atom. The second kappa shape index (κ2) is 4.63. The van der Waals surface area contributed by atoms with Crippen LogP contribution in [0.5, 0.6) is 0 Å². The first-order chi connectivity index (χ1) is 9.08. The van der Waals surface area contributed by atoms with Crippen molar-refractivity contribution in [1.82, 2.24) is 14.7 Å². The van der Waals surface area contributed by atoms with E-state index in [1.165, 1.54) is 0 Å². The molecule has 2 fully saturated rings. The van der Waals surface area contributed by atoms with E-state index in [1.54, 1.807) is 4.68 Å². The van der Waals surface area contributed by atoms with Crippen LogP contribution in [0, 0.1) is 12.8 Å². The van der Waals surface area contributed by atoms with Crippen LogP contribution >= 0.6 is 0 Å². The van der Waals surface area contributed by atoms with Crippen LogP contribution < -0.4 is 0 Å². The number of carbonyl (C=O) groups is 1. The van der Waals surface area contributed by atoms with Crippen LogP contribution in [0.4, 0.5) is 0 Å². The summed E-state index contributed by atoms with van der Waals surface area (Å²) in [5.74, 6) is 0.603. The zero-order chi connectivity index (χ0) is 13.6. The van der Waals surface area contributed by atoms with Crippen molar-refractivity contribution in [2.24, 2.45) is 5.92 Å². The average Bonchev–Trinajstić information content (AvgIpc) is 3.00. The lowest BCUT2D eigenvalue weighted by Crippen LogP contribution is -2.32. The van der Waals surface area contributed by atoms with Crippen molar-refractivity contribution in [3.05, 3.63) is 17.5 Å². The summed E-state index contributed by atoms with van der Waals surface area (Å²) in [7, 11) is 0. The van der Waals surface area contributed by atoms with Crippen molar-refractivity contribution in [3.8, 4) is 0 Å². The molecule has 1 aromatic rings. The molecule has 104 valence electrons. The van der Waals surface area contributed by atoms with E-state index in [2.05, 4.69) is 12.0 Å². The van der Waals surface area contributed by atoms with Gasteiger partial charge in [0.2, 0.25) is 0 Å². The molecule has 3 rings (SSSR count). The zero-order valence-electron chi connectivity index (χ0n) is 11.8. The van der Waals surface area contributed by atoms with Crippen molar-refractivity contribution < 1.29 is 9.53 Å². The van der Waals surface area contributed by atoms with Crippen molar-refractivity contribution >= 4 is 5.91 Å². The van der Waals surface area contributed by atoms with Gasteiger partial charge in [0.25, 0.3) is 5.91 Å². The van der Waals surface area contributed by atoms with Crippen LogP contribution in [0.25, 0.3) is 0 Å². The summed E-state index contributed by atoms with van der Waals surface area (Å²) < 4.78 is 7.63. The number of rotatable bonds is 2. The van der Waals surface area contributed by atoms with Crippen LogP contribution in [0.15, 0.2) is 6.07 Å². The molecule has 0 aromatic carbocycles. The Morgan fingerprint density at radius 2 is 2.32 bits per heavy atom. The fourth-order valence-corrected chi connectivity index (χ4v) is 3.29. The summed E-state index contributed by atoms with van der Waals surface area (Å²) in [5.41, 5.74) is 1.60. The van der Waals surface area contributed by atoms with Gasteiger partial charge in [-0.15, -0.1) is 0 Å². The minimum atomic E-state index is 0.0908. The van der Waals surface area contributed by atoms with Gasteiger partial charge in [0.05, 0.1) is 17.9 Å². The second-order valence-electron chi connectivity index (χ2n) is 5.68. The first-order valence-corrected chi connectivity index (χ1v) is 7.07. The number of hydrogen-bond acceptors (Lipinski definition) is 3. The molecular weight excluding hydrogens is 242 g/mol. The number of ether oxygens (including phenoxy) is 1. The highest BCUT2D eigenvalue weighted by Gasteiger charge is 2.42. The summed E-state index contributed by atoms with van der Waals surface area (Å²) in [5, 5.41) is 4.34. The summed E-state index contributed by atoms with van der Waals surface area (Å²) in [4.78, 5) is 14.5. The van der Waals surface area contributed by atoms with E-state index < -0.39 is 0 Å². The van der Waals surface area contributed by atoms with E-state index >= 15 is 0 Å². The topological polar surface area (TPSA) is 47.4 Å². The molecule has 2 aliphatic rings. The highest BCUT2D eigenvalue weighted by atomic mass is 16.5. The van der Waals surface area contributed by atoms with Crippen molar-refractivity contribution in [2.75, 3.05) is 13.1 Å². The first kappa shape index (κ1) is 12.7. The number of likely N-dealkylation sites (tertiary alicyclic amines) is 1. The summed E-state index contributed by atoms with van der Waals surface area (Å²) >= 11 is 0. The minimum Gasteiger partial charge on any atom is -0.373 e. The van der Waals surface area contributed by atoms with Crippen LogP contribution in [-0.4, -0.2) is 45.9 Å². The molecule has 2 saturated heterocycles. The first-order valence-electron chi connectivity index (χ1n) is 7.07. The molecule has 0 saturated carbocycles. The van der Waals surface area contributed by atoms with E-state index in [9.17, 15) is 4.79 Å². The molecule has 1 aromatic heterocycles. The smallest absolute Gasteiger partial charge is 0.272 e. The van der Waals surface area contributed by atoms with Gasteiger partial charge in [0.15, 0.2) is 0 Å². The fraction of sp³-hybridized carbons (Fsp3) is 0.714. The predicted molar refractivity (Wildman–Crippen MR) is 71.0 cm³/mol. The average molecular weight is 263 g/mol. The van der Waals surface area contributed by atoms with Gasteiger partial charge >= 0.3 is 0 Å². The summed E-state index contributed by atoms with van der Waals surface area (Å²) in [6.07, 6.45) is 1.65. The van der Waals surface area contributed by atoms with E-state index in [0.717, 1.165) is 31.7 Å². The highest BCUT2D eigenvalue weighted by Crippen LogP contribution is 2.33. The normalized spacial score (nSPS) is 29.8. The Kier molecular flexibility index (Phi) is 3.09. The van der Waals surface area contributed by atoms with E-state index in [0.29, 0.717) is 17.7 Å². The Labute approximate surface area is 113 Å². The monoisotopic (exact) mass is 263 g/mol. The van der Waals surface area contributed by atoms with Crippen LogP contribution in [0.3, 0.4) is 0 Å². The molecule has 5 nitrogen and oxygen atoms in total. The van der Waals surface area contributed by atoms with Gasteiger partial charge in [0, 0.05) is 25.6 Å². The Bertz CT molecular complexity index is 483. The molecule has 2 aliphatic heterocycles. The van der Waals surface area contributed by atoms with Gasteiger partial charge in [-0.2, -0.15) is 5.10 Å². The third-order valence-electron chi connectivity index (χ3n) is 4.13.